The number of nitrogens with two attached hydrogens (primary N) is 1. The average Bonchev–Trinajstić information content (AvgIpc) is 2.85. The van der Waals surface area contributed by atoms with Gasteiger partial charge in [0.2, 0.25) is 0 Å². The van der Waals surface area contributed by atoms with Gasteiger partial charge in [-0.15, -0.1) is 10.2 Å². The van der Waals surface area contributed by atoms with Gasteiger partial charge >= 0.3 is 0 Å². The van der Waals surface area contributed by atoms with Crippen molar-refractivity contribution in [1.29, 1.82) is 5.41 Å². The molecule has 1 atom stereocenters. The Bertz CT molecular complexity index is 1240. The van der Waals surface area contributed by atoms with Crippen LogP contribution in [0.15, 0.2) is 42.7 Å². The van der Waals surface area contributed by atoms with Crippen molar-refractivity contribution >= 4 is 52.4 Å². The third kappa shape index (κ3) is 5.65. The monoisotopic (exact) mass is 559 g/mol. The number of hydrogen-bond acceptors (Lipinski definition) is 9. The lowest BCUT2D eigenvalue weighted by Crippen LogP contribution is -2.70. The summed E-state index contributed by atoms with van der Waals surface area (Å²) in [7, 11) is 0. The van der Waals surface area contributed by atoms with Crippen molar-refractivity contribution in [1.82, 2.24) is 19.5 Å². The second kappa shape index (κ2) is 11.4. The summed E-state index contributed by atoms with van der Waals surface area (Å²) in [6.07, 6.45) is 4.74. The summed E-state index contributed by atoms with van der Waals surface area (Å²) in [5.74, 6) is 1.37. The molecular formula is C26H31Cl2N7OS. The number of anilines is 2. The molecule has 2 fully saturated rings. The highest BCUT2D eigenvalue weighted by molar-refractivity contribution is 7.96. The van der Waals surface area contributed by atoms with Crippen molar-refractivity contribution in [2.24, 2.45) is 5.41 Å². The smallest absolute Gasteiger partial charge is 0.151 e. The number of hydrogen-bond donors (Lipinski definition) is 2. The fourth-order valence-electron chi connectivity index (χ4n) is 4.62. The van der Waals surface area contributed by atoms with Gasteiger partial charge in [0.15, 0.2) is 5.82 Å². The van der Waals surface area contributed by atoms with E-state index >= 15 is 0 Å². The molecule has 0 unspecified atom stereocenters. The number of ether oxygens (including phenoxy) is 1. The summed E-state index contributed by atoms with van der Waals surface area (Å²) >= 11 is 14.3. The molecule has 2 aliphatic rings. The van der Waals surface area contributed by atoms with Gasteiger partial charge in [0.05, 0.1) is 15.8 Å². The van der Waals surface area contributed by atoms with Crippen LogP contribution in [0.5, 0.6) is 5.75 Å². The van der Waals surface area contributed by atoms with Gasteiger partial charge in [0.1, 0.15) is 17.5 Å². The number of aromatic nitrogens is 3. The Labute approximate surface area is 232 Å². The zero-order chi connectivity index (χ0) is 26.7. The Morgan fingerprint density at radius 2 is 1.76 bits per heavy atom. The number of nitrogens with one attached hydrogen (secondary N) is 1. The van der Waals surface area contributed by atoms with Crippen LogP contribution in [-0.2, 0) is 0 Å². The van der Waals surface area contributed by atoms with Crippen LogP contribution >= 0.6 is 35.1 Å². The quantitative estimate of drug-likeness (QED) is 0.214. The predicted octanol–water partition coefficient (Wildman–Crippen LogP) is 5.74. The molecule has 3 N–H and O–H groups in total. The van der Waals surface area contributed by atoms with E-state index in [1.165, 1.54) is 12.4 Å². The first-order valence-corrected chi connectivity index (χ1v) is 14.0. The number of halogens is 2. The summed E-state index contributed by atoms with van der Waals surface area (Å²) in [6.45, 7) is 10.1. The lowest BCUT2D eigenvalue weighted by Gasteiger charge is -2.59. The molecule has 0 radical (unpaired) electrons. The maximum Gasteiger partial charge on any atom is 0.151 e. The predicted molar refractivity (Wildman–Crippen MR) is 153 cm³/mol. The van der Waals surface area contributed by atoms with Crippen LogP contribution in [0.1, 0.15) is 43.7 Å². The molecule has 11 heteroatoms. The number of benzene rings is 1. The molecule has 5 rings (SSSR count). The van der Waals surface area contributed by atoms with E-state index in [9.17, 15) is 0 Å². The average molecular weight is 561 g/mol. The van der Waals surface area contributed by atoms with Crippen LogP contribution in [0.3, 0.4) is 0 Å². The normalized spacial score (nSPS) is 16.8. The van der Waals surface area contributed by atoms with Gasteiger partial charge in [-0.25, -0.2) is 4.31 Å². The Morgan fingerprint density at radius 1 is 1.08 bits per heavy atom. The van der Waals surface area contributed by atoms with Crippen LogP contribution in [0.2, 0.25) is 10.0 Å². The van der Waals surface area contributed by atoms with E-state index in [1.54, 1.807) is 30.1 Å². The Hall–Kier alpha value is -2.59. The topological polar surface area (TPSA) is 104 Å². The maximum atomic E-state index is 8.70. The number of rotatable bonds is 7. The van der Waals surface area contributed by atoms with Crippen molar-refractivity contribution in [3.63, 3.8) is 0 Å². The van der Waals surface area contributed by atoms with E-state index in [4.69, 9.17) is 39.1 Å². The van der Waals surface area contributed by atoms with E-state index in [0.717, 1.165) is 32.0 Å². The molecule has 0 aliphatic carbocycles. The lowest BCUT2D eigenvalue weighted by atomic mass is 9.74. The molecule has 2 saturated heterocycles. The third-order valence-corrected chi connectivity index (χ3v) is 7.85. The molecule has 3 aromatic rings. The second-order valence-electron chi connectivity index (χ2n) is 9.01. The lowest BCUT2D eigenvalue weighted by molar-refractivity contribution is 0.0473. The van der Waals surface area contributed by atoms with E-state index < -0.39 is 6.10 Å². The third-order valence-electron chi connectivity index (χ3n) is 6.47. The van der Waals surface area contributed by atoms with Gasteiger partial charge in [-0.05, 0) is 43.5 Å². The van der Waals surface area contributed by atoms with Crippen molar-refractivity contribution in [2.45, 2.75) is 26.9 Å². The van der Waals surface area contributed by atoms with Crippen LogP contribution in [0.4, 0.5) is 11.5 Å². The summed E-state index contributed by atoms with van der Waals surface area (Å²) in [5, 5.41) is 18.2. The summed E-state index contributed by atoms with van der Waals surface area (Å²) in [4.78, 5) is 6.21. The fourth-order valence-corrected chi connectivity index (χ4v) is 6.10. The Balaban J connectivity index is 0.00000156. The minimum atomic E-state index is -0.429. The first-order valence-electron chi connectivity index (χ1n) is 12.1. The van der Waals surface area contributed by atoms with Crippen molar-refractivity contribution < 1.29 is 4.74 Å². The summed E-state index contributed by atoms with van der Waals surface area (Å²) in [5.41, 5.74) is 8.82. The first-order chi connectivity index (χ1) is 17.8. The Morgan fingerprint density at radius 3 is 2.35 bits per heavy atom. The highest BCUT2D eigenvalue weighted by Gasteiger charge is 2.52. The minimum absolute atomic E-state index is 0.175. The molecule has 0 bridgehead atoms. The van der Waals surface area contributed by atoms with Crippen LogP contribution in [0, 0.1) is 10.8 Å². The molecule has 1 spiro atoms. The van der Waals surface area contributed by atoms with Crippen molar-refractivity contribution in [3.8, 4) is 5.75 Å². The van der Waals surface area contributed by atoms with Gasteiger partial charge in [0, 0.05) is 60.8 Å². The number of nitrogens with zero attached hydrogens (tertiary/aromatic N) is 5. The van der Waals surface area contributed by atoms with Crippen molar-refractivity contribution in [3.05, 3.63) is 69.6 Å². The van der Waals surface area contributed by atoms with Gasteiger partial charge in [-0.3, -0.25) is 10.4 Å². The summed E-state index contributed by atoms with van der Waals surface area (Å²) < 4.78 is 8.44. The van der Waals surface area contributed by atoms with Crippen LogP contribution in [0.25, 0.3) is 0 Å². The van der Waals surface area contributed by atoms with E-state index in [2.05, 4.69) is 30.6 Å². The fraction of sp³-hybridized carbons (Fsp3) is 0.385. The van der Waals surface area contributed by atoms with Gasteiger partial charge in [-0.1, -0.05) is 49.0 Å². The first kappa shape index (κ1) is 27.4. The molecule has 0 amide bonds. The van der Waals surface area contributed by atoms with Gasteiger partial charge in [-0.2, -0.15) is 0 Å². The minimum Gasteiger partial charge on any atom is -0.486 e. The highest BCUT2D eigenvalue weighted by atomic mass is 35.5. The van der Waals surface area contributed by atoms with E-state index in [1.807, 2.05) is 32.9 Å². The van der Waals surface area contributed by atoms with Crippen LogP contribution in [-0.4, -0.2) is 57.6 Å². The zero-order valence-electron chi connectivity index (χ0n) is 21.3. The molecular weight excluding hydrogens is 529 g/mol. The Kier molecular flexibility index (Phi) is 8.48. The molecule has 196 valence electrons. The van der Waals surface area contributed by atoms with Crippen LogP contribution < -0.4 is 15.4 Å². The molecule has 0 saturated carbocycles. The maximum absolute atomic E-state index is 8.70. The molecule has 4 heterocycles. The SMILES string of the molecule is CC.CSN1CC2(C1)CN(c1ccc(C(=N)c3cc(O[C@H](C)c4c(Cl)cncc4Cl)ccc3N)nn1)C2. The molecule has 8 nitrogen and oxygen atoms in total. The number of nitrogen functional groups attached to an aromatic ring is 1. The summed E-state index contributed by atoms with van der Waals surface area (Å²) in [6, 6.07) is 8.91. The molecule has 1 aromatic carbocycles. The van der Waals surface area contributed by atoms with Crippen molar-refractivity contribution in [2.75, 3.05) is 43.1 Å². The van der Waals surface area contributed by atoms with E-state index in [-0.39, 0.29) is 5.71 Å². The molecule has 2 aromatic heterocycles. The largest absolute Gasteiger partial charge is 0.486 e. The standard InChI is InChI=1S/C24H25Cl2N7OS.C2H6/c1-14(22-17(25)8-29-9-18(22)26)34-15-3-4-19(27)16(7-15)23(28)20-5-6-21(31-30-20)32-10-24(11-32)12-33(13-24)35-2;1-2/h3-9,14,28H,10-13,27H2,1-2H3;1-2H3/t14-;/m1./s1. The molecule has 2 aliphatic heterocycles. The molecule has 37 heavy (non-hydrogen) atoms. The number of pyridine rings is 1. The van der Waals surface area contributed by atoms with E-state index in [0.29, 0.717) is 43.7 Å². The zero-order valence-corrected chi connectivity index (χ0v) is 23.7. The highest BCUT2D eigenvalue weighted by Crippen LogP contribution is 2.43. The van der Waals surface area contributed by atoms with Gasteiger partial charge in [0.25, 0.3) is 0 Å². The van der Waals surface area contributed by atoms with Gasteiger partial charge < -0.3 is 15.4 Å². The second-order valence-corrected chi connectivity index (χ2v) is 10.7.